The van der Waals surface area contributed by atoms with Gasteiger partial charge < -0.3 is 14.5 Å². The molecule has 2 aromatic heterocycles. The Morgan fingerprint density at radius 2 is 2.24 bits per heavy atom. The third kappa shape index (κ3) is 3.60. The number of carbonyl (C=O) groups is 1. The molecule has 2 aliphatic heterocycles. The molecule has 3 atom stereocenters. The van der Waals surface area contributed by atoms with Crippen LogP contribution in [0.4, 0.5) is 5.69 Å². The maximum atomic E-state index is 12.4. The minimum Gasteiger partial charge on any atom is -0.465 e. The number of rotatable bonds is 4. The van der Waals surface area contributed by atoms with Crippen molar-refractivity contribution in [1.82, 2.24) is 9.88 Å². The first-order valence-corrected chi connectivity index (χ1v) is 8.85. The molecular formula is C19H23N3O3. The SMILES string of the molecule is Cc1ccc(CN2CC[C@H]3O[C@H](C(=O)Nc4cccnc4)CC[C@H]32)o1. The fourth-order valence-electron chi connectivity index (χ4n) is 3.83. The third-order valence-electron chi connectivity index (χ3n) is 5.04. The summed E-state index contributed by atoms with van der Waals surface area (Å²) in [5.74, 6) is 1.86. The number of anilines is 1. The van der Waals surface area contributed by atoms with E-state index in [1.165, 1.54) is 0 Å². The van der Waals surface area contributed by atoms with Crippen molar-refractivity contribution in [2.24, 2.45) is 0 Å². The maximum Gasteiger partial charge on any atom is 0.253 e. The molecule has 132 valence electrons. The van der Waals surface area contributed by atoms with E-state index in [2.05, 4.69) is 15.2 Å². The summed E-state index contributed by atoms with van der Waals surface area (Å²) in [4.78, 5) is 18.9. The number of hydrogen-bond acceptors (Lipinski definition) is 5. The summed E-state index contributed by atoms with van der Waals surface area (Å²) in [6.45, 7) is 3.75. The van der Waals surface area contributed by atoms with Gasteiger partial charge in [0, 0.05) is 18.8 Å². The van der Waals surface area contributed by atoms with Crippen LogP contribution in [-0.2, 0) is 16.1 Å². The number of ether oxygens (including phenoxy) is 1. The molecule has 2 saturated heterocycles. The summed E-state index contributed by atoms with van der Waals surface area (Å²) in [5.41, 5.74) is 0.708. The number of furan rings is 1. The molecule has 0 bridgehead atoms. The highest BCUT2D eigenvalue weighted by molar-refractivity contribution is 5.94. The van der Waals surface area contributed by atoms with E-state index >= 15 is 0 Å². The first-order valence-electron chi connectivity index (χ1n) is 8.85. The summed E-state index contributed by atoms with van der Waals surface area (Å²) in [6, 6.07) is 8.04. The van der Waals surface area contributed by atoms with Crippen molar-refractivity contribution in [1.29, 1.82) is 0 Å². The van der Waals surface area contributed by atoms with Gasteiger partial charge in [0.05, 0.1) is 24.5 Å². The van der Waals surface area contributed by atoms with E-state index < -0.39 is 0 Å². The lowest BCUT2D eigenvalue weighted by Gasteiger charge is -2.35. The summed E-state index contributed by atoms with van der Waals surface area (Å²) in [5, 5.41) is 2.89. The second-order valence-corrected chi connectivity index (χ2v) is 6.81. The van der Waals surface area contributed by atoms with Crippen LogP contribution in [0.25, 0.3) is 0 Å². The molecule has 0 unspecified atom stereocenters. The van der Waals surface area contributed by atoms with Crippen molar-refractivity contribution in [3.05, 3.63) is 48.2 Å². The lowest BCUT2D eigenvalue weighted by atomic mass is 9.98. The summed E-state index contributed by atoms with van der Waals surface area (Å²) < 4.78 is 11.8. The van der Waals surface area contributed by atoms with Crippen molar-refractivity contribution in [3.63, 3.8) is 0 Å². The number of aryl methyl sites for hydroxylation is 1. The van der Waals surface area contributed by atoms with Gasteiger partial charge in [-0.2, -0.15) is 0 Å². The zero-order valence-corrected chi connectivity index (χ0v) is 14.4. The van der Waals surface area contributed by atoms with Crippen LogP contribution in [0.1, 0.15) is 30.8 Å². The smallest absolute Gasteiger partial charge is 0.253 e. The quantitative estimate of drug-likeness (QED) is 0.926. The summed E-state index contributed by atoms with van der Waals surface area (Å²) in [7, 11) is 0. The lowest BCUT2D eigenvalue weighted by Crippen LogP contribution is -2.46. The molecule has 6 heteroatoms. The molecule has 0 saturated carbocycles. The number of amides is 1. The fraction of sp³-hybridized carbons (Fsp3) is 0.474. The van der Waals surface area contributed by atoms with Crippen LogP contribution in [0.2, 0.25) is 0 Å². The molecule has 2 aliphatic rings. The zero-order chi connectivity index (χ0) is 17.2. The Balaban J connectivity index is 1.34. The van der Waals surface area contributed by atoms with Gasteiger partial charge in [-0.15, -0.1) is 0 Å². The average Bonchev–Trinajstić information content (AvgIpc) is 3.22. The molecule has 0 aliphatic carbocycles. The molecule has 1 N–H and O–H groups in total. The van der Waals surface area contributed by atoms with E-state index in [1.54, 1.807) is 18.5 Å². The molecule has 2 aromatic rings. The van der Waals surface area contributed by atoms with Crippen LogP contribution in [0.3, 0.4) is 0 Å². The molecule has 4 rings (SSSR count). The number of nitrogens with one attached hydrogen (secondary N) is 1. The molecule has 6 nitrogen and oxygen atoms in total. The van der Waals surface area contributed by atoms with E-state index in [-0.39, 0.29) is 18.1 Å². The topological polar surface area (TPSA) is 67.6 Å². The Kier molecular flexibility index (Phi) is 4.55. The molecular weight excluding hydrogens is 318 g/mol. The lowest BCUT2D eigenvalue weighted by molar-refractivity contribution is -0.138. The summed E-state index contributed by atoms with van der Waals surface area (Å²) in [6.07, 6.45) is 5.73. The molecule has 0 aromatic carbocycles. The molecule has 0 radical (unpaired) electrons. The van der Waals surface area contributed by atoms with Gasteiger partial charge in [0.25, 0.3) is 5.91 Å². The first-order chi connectivity index (χ1) is 12.2. The molecule has 1 amide bonds. The highest BCUT2D eigenvalue weighted by Crippen LogP contribution is 2.33. The maximum absolute atomic E-state index is 12.4. The standard InChI is InChI=1S/C19H23N3O3/c1-13-4-5-15(24-13)12-22-10-8-17-16(22)6-7-18(25-17)19(23)21-14-3-2-9-20-11-14/h2-5,9,11,16-18H,6-8,10,12H2,1H3,(H,21,23)/t16-,17-,18+/m1/s1. The van der Waals surface area contributed by atoms with Crippen molar-refractivity contribution < 1.29 is 13.9 Å². The fourth-order valence-corrected chi connectivity index (χ4v) is 3.83. The predicted molar refractivity (Wildman–Crippen MR) is 93.0 cm³/mol. The minimum atomic E-state index is -0.382. The second-order valence-electron chi connectivity index (χ2n) is 6.81. The van der Waals surface area contributed by atoms with Crippen LogP contribution >= 0.6 is 0 Å². The van der Waals surface area contributed by atoms with Crippen molar-refractivity contribution in [2.45, 2.75) is 51.0 Å². The Morgan fingerprint density at radius 3 is 3.00 bits per heavy atom. The summed E-state index contributed by atoms with van der Waals surface area (Å²) >= 11 is 0. The van der Waals surface area contributed by atoms with Gasteiger partial charge in [0.15, 0.2) is 0 Å². The second kappa shape index (κ2) is 6.98. The van der Waals surface area contributed by atoms with Crippen molar-refractivity contribution in [3.8, 4) is 0 Å². The van der Waals surface area contributed by atoms with Crippen LogP contribution in [-0.4, -0.2) is 40.6 Å². The van der Waals surface area contributed by atoms with Gasteiger partial charge in [-0.3, -0.25) is 14.7 Å². The molecule has 0 spiro atoms. The van der Waals surface area contributed by atoms with Gasteiger partial charge in [0.2, 0.25) is 0 Å². The highest BCUT2D eigenvalue weighted by atomic mass is 16.5. The normalized spacial score (nSPS) is 26.4. The predicted octanol–water partition coefficient (Wildman–Crippen LogP) is 2.74. The van der Waals surface area contributed by atoms with Gasteiger partial charge in [-0.1, -0.05) is 0 Å². The largest absolute Gasteiger partial charge is 0.465 e. The van der Waals surface area contributed by atoms with E-state index in [1.807, 2.05) is 25.1 Å². The average molecular weight is 341 g/mol. The van der Waals surface area contributed by atoms with E-state index in [0.29, 0.717) is 11.7 Å². The van der Waals surface area contributed by atoms with Crippen LogP contribution in [0, 0.1) is 6.92 Å². The van der Waals surface area contributed by atoms with Crippen LogP contribution in [0.5, 0.6) is 0 Å². The molecule has 4 heterocycles. The number of carbonyl (C=O) groups excluding carboxylic acids is 1. The van der Waals surface area contributed by atoms with E-state index in [0.717, 1.165) is 43.9 Å². The number of pyridine rings is 1. The highest BCUT2D eigenvalue weighted by Gasteiger charge is 2.41. The van der Waals surface area contributed by atoms with Gasteiger partial charge >= 0.3 is 0 Å². The number of aromatic nitrogens is 1. The van der Waals surface area contributed by atoms with Gasteiger partial charge in [-0.25, -0.2) is 0 Å². The Hall–Kier alpha value is -2.18. The number of likely N-dealkylation sites (tertiary alicyclic amines) is 1. The van der Waals surface area contributed by atoms with Gasteiger partial charge in [-0.05, 0) is 50.5 Å². The monoisotopic (exact) mass is 341 g/mol. The third-order valence-corrected chi connectivity index (χ3v) is 5.04. The van der Waals surface area contributed by atoms with Gasteiger partial charge in [0.1, 0.15) is 17.6 Å². The Morgan fingerprint density at radius 1 is 1.32 bits per heavy atom. The molecule has 25 heavy (non-hydrogen) atoms. The van der Waals surface area contributed by atoms with Crippen molar-refractivity contribution in [2.75, 3.05) is 11.9 Å². The number of fused-ring (bicyclic) bond motifs is 1. The first kappa shape index (κ1) is 16.3. The van der Waals surface area contributed by atoms with E-state index in [4.69, 9.17) is 9.15 Å². The Labute approximate surface area is 147 Å². The minimum absolute atomic E-state index is 0.0773. The number of hydrogen-bond donors (Lipinski definition) is 1. The van der Waals surface area contributed by atoms with Crippen molar-refractivity contribution >= 4 is 11.6 Å². The Bertz CT molecular complexity index is 731. The van der Waals surface area contributed by atoms with Crippen LogP contribution < -0.4 is 5.32 Å². The molecule has 2 fully saturated rings. The zero-order valence-electron chi connectivity index (χ0n) is 14.4. The number of nitrogens with zero attached hydrogens (tertiary/aromatic N) is 2. The van der Waals surface area contributed by atoms with E-state index in [9.17, 15) is 4.79 Å². The van der Waals surface area contributed by atoms with Crippen LogP contribution in [0.15, 0.2) is 41.1 Å².